The number of anilines is 1. The predicted molar refractivity (Wildman–Crippen MR) is 76.3 cm³/mol. The van der Waals surface area contributed by atoms with Crippen molar-refractivity contribution < 1.29 is 14.3 Å². The third-order valence-corrected chi connectivity index (χ3v) is 2.90. The number of nitrogens with two attached hydrogens (primary N) is 1. The predicted octanol–water partition coefficient (Wildman–Crippen LogP) is 0.491. The molecule has 0 aliphatic heterocycles. The van der Waals surface area contributed by atoms with Gasteiger partial charge in [-0.2, -0.15) is 0 Å². The highest BCUT2D eigenvalue weighted by atomic mass is 16.5. The first-order valence-corrected chi connectivity index (χ1v) is 6.35. The van der Waals surface area contributed by atoms with Gasteiger partial charge in [-0.05, 0) is 19.1 Å². The van der Waals surface area contributed by atoms with Crippen LogP contribution in [0.4, 0.5) is 5.82 Å². The van der Waals surface area contributed by atoms with E-state index in [-0.39, 0.29) is 11.9 Å². The molecule has 1 aromatic heterocycles. The molecule has 0 bridgehead atoms. The van der Waals surface area contributed by atoms with Gasteiger partial charge in [0, 0.05) is 27.0 Å². The van der Waals surface area contributed by atoms with Crippen molar-refractivity contribution in [3.8, 4) is 0 Å². The molecule has 1 amide bonds. The molecule has 0 saturated carbocycles. The number of hydrazine groups is 1. The number of nitrogens with one attached hydrogen (secondary N) is 1. The first-order valence-electron chi connectivity index (χ1n) is 6.35. The Kier molecular flexibility index (Phi) is 6.92. The maximum atomic E-state index is 12.5. The quantitative estimate of drug-likeness (QED) is 0.533. The summed E-state index contributed by atoms with van der Waals surface area (Å²) in [5.74, 6) is 5.65. The minimum absolute atomic E-state index is 0.0463. The van der Waals surface area contributed by atoms with Crippen molar-refractivity contribution in [3.63, 3.8) is 0 Å². The van der Waals surface area contributed by atoms with Gasteiger partial charge in [-0.25, -0.2) is 10.8 Å². The summed E-state index contributed by atoms with van der Waals surface area (Å²) in [6.07, 6.45) is 1.50. The molecule has 1 rings (SSSR count). The van der Waals surface area contributed by atoms with E-state index in [9.17, 15) is 4.79 Å². The third-order valence-electron chi connectivity index (χ3n) is 2.90. The van der Waals surface area contributed by atoms with Crippen LogP contribution in [-0.4, -0.2) is 55.8 Å². The van der Waals surface area contributed by atoms with Crippen molar-refractivity contribution >= 4 is 11.7 Å². The van der Waals surface area contributed by atoms with Crippen LogP contribution in [0.15, 0.2) is 18.3 Å². The van der Waals surface area contributed by atoms with E-state index in [1.165, 1.54) is 6.20 Å². The molecular formula is C13H22N4O3. The van der Waals surface area contributed by atoms with Crippen LogP contribution in [0.25, 0.3) is 0 Å². The molecule has 7 heteroatoms. The van der Waals surface area contributed by atoms with E-state index in [0.717, 1.165) is 0 Å². The second-order valence-electron chi connectivity index (χ2n) is 4.37. The van der Waals surface area contributed by atoms with E-state index in [1.54, 1.807) is 31.3 Å². The zero-order chi connectivity index (χ0) is 15.0. The Hall–Kier alpha value is -1.70. The van der Waals surface area contributed by atoms with E-state index in [2.05, 4.69) is 10.4 Å². The number of rotatable bonds is 8. The number of amides is 1. The van der Waals surface area contributed by atoms with Gasteiger partial charge in [0.25, 0.3) is 5.91 Å². The number of nitrogens with zero attached hydrogens (tertiary/aromatic N) is 2. The van der Waals surface area contributed by atoms with Crippen LogP contribution in [-0.2, 0) is 9.47 Å². The number of aromatic nitrogens is 1. The summed E-state index contributed by atoms with van der Waals surface area (Å²) in [5.41, 5.74) is 2.93. The van der Waals surface area contributed by atoms with Gasteiger partial charge in [0.15, 0.2) is 0 Å². The van der Waals surface area contributed by atoms with Crippen LogP contribution in [0.5, 0.6) is 0 Å². The Bertz CT molecular complexity index is 411. The Morgan fingerprint density at radius 3 is 2.70 bits per heavy atom. The van der Waals surface area contributed by atoms with E-state index < -0.39 is 0 Å². The van der Waals surface area contributed by atoms with E-state index >= 15 is 0 Å². The second-order valence-corrected chi connectivity index (χ2v) is 4.37. The lowest BCUT2D eigenvalue weighted by Gasteiger charge is -2.28. The number of ether oxygens (including phenoxy) is 2. The Morgan fingerprint density at radius 2 is 2.20 bits per heavy atom. The number of hydrogen-bond acceptors (Lipinski definition) is 6. The van der Waals surface area contributed by atoms with Gasteiger partial charge in [0.05, 0.1) is 24.8 Å². The van der Waals surface area contributed by atoms with Gasteiger partial charge in [-0.1, -0.05) is 0 Å². The number of carbonyl (C=O) groups is 1. The third kappa shape index (κ3) is 4.44. The fraction of sp³-hybridized carbons (Fsp3) is 0.538. The maximum absolute atomic E-state index is 12.5. The topological polar surface area (TPSA) is 89.7 Å². The molecule has 20 heavy (non-hydrogen) atoms. The number of nitrogen functional groups attached to an aromatic ring is 1. The Morgan fingerprint density at radius 1 is 1.45 bits per heavy atom. The minimum atomic E-state index is -0.109. The van der Waals surface area contributed by atoms with Gasteiger partial charge in [0.2, 0.25) is 0 Å². The van der Waals surface area contributed by atoms with Crippen LogP contribution in [0.1, 0.15) is 17.3 Å². The van der Waals surface area contributed by atoms with Crippen molar-refractivity contribution in [3.05, 3.63) is 23.9 Å². The molecule has 1 unspecified atom stereocenters. The zero-order valence-electron chi connectivity index (χ0n) is 12.1. The first kappa shape index (κ1) is 16.4. The fourth-order valence-corrected chi connectivity index (χ4v) is 1.81. The lowest BCUT2D eigenvalue weighted by Crippen LogP contribution is -2.43. The lowest BCUT2D eigenvalue weighted by atomic mass is 10.2. The normalized spacial score (nSPS) is 12.0. The van der Waals surface area contributed by atoms with Crippen molar-refractivity contribution in [1.82, 2.24) is 9.88 Å². The van der Waals surface area contributed by atoms with Crippen molar-refractivity contribution in [2.45, 2.75) is 13.0 Å². The molecule has 0 saturated heterocycles. The van der Waals surface area contributed by atoms with Crippen molar-refractivity contribution in [2.75, 3.05) is 39.4 Å². The molecule has 0 fully saturated rings. The van der Waals surface area contributed by atoms with Crippen LogP contribution in [0.2, 0.25) is 0 Å². The molecule has 0 spiro atoms. The Balaban J connectivity index is 2.84. The van der Waals surface area contributed by atoms with E-state index in [1.807, 2.05) is 6.92 Å². The molecule has 0 aliphatic rings. The first-order chi connectivity index (χ1) is 9.63. The van der Waals surface area contributed by atoms with Crippen molar-refractivity contribution in [2.24, 2.45) is 5.84 Å². The molecule has 0 aromatic carbocycles. The van der Waals surface area contributed by atoms with Gasteiger partial charge < -0.3 is 19.8 Å². The monoisotopic (exact) mass is 282 g/mol. The molecule has 0 aliphatic carbocycles. The summed E-state index contributed by atoms with van der Waals surface area (Å²) >= 11 is 0. The highest BCUT2D eigenvalue weighted by Crippen LogP contribution is 2.10. The van der Waals surface area contributed by atoms with E-state index in [0.29, 0.717) is 31.1 Å². The standard InChI is InChI=1S/C13H22N4O3/c1-10(9-20-3)17(6-7-19-2)13(18)11-4-5-12(16-14)15-8-11/h4-5,8,10H,6-7,9,14H2,1-3H3,(H,15,16). The summed E-state index contributed by atoms with van der Waals surface area (Å²) in [5, 5.41) is 0. The molecule has 1 atom stereocenters. The smallest absolute Gasteiger partial charge is 0.255 e. The molecule has 3 N–H and O–H groups in total. The van der Waals surface area contributed by atoms with Crippen LogP contribution in [0.3, 0.4) is 0 Å². The SMILES string of the molecule is COCCN(C(=O)c1ccc(NN)nc1)C(C)COC. The van der Waals surface area contributed by atoms with Crippen LogP contribution >= 0.6 is 0 Å². The average molecular weight is 282 g/mol. The number of methoxy groups -OCH3 is 2. The zero-order valence-corrected chi connectivity index (χ0v) is 12.1. The summed E-state index contributed by atoms with van der Waals surface area (Å²) in [6, 6.07) is 3.29. The average Bonchev–Trinajstić information content (AvgIpc) is 2.48. The molecule has 1 heterocycles. The molecule has 112 valence electrons. The summed E-state index contributed by atoms with van der Waals surface area (Å²) in [6.45, 7) is 3.36. The van der Waals surface area contributed by atoms with Gasteiger partial charge in [-0.15, -0.1) is 0 Å². The number of carbonyl (C=O) groups excluding carboxylic acids is 1. The largest absolute Gasteiger partial charge is 0.383 e. The number of hydrogen-bond donors (Lipinski definition) is 2. The highest BCUT2D eigenvalue weighted by molar-refractivity contribution is 5.94. The number of pyridine rings is 1. The minimum Gasteiger partial charge on any atom is -0.383 e. The van der Waals surface area contributed by atoms with Crippen LogP contribution in [0, 0.1) is 0 Å². The summed E-state index contributed by atoms with van der Waals surface area (Å²) in [4.78, 5) is 18.2. The maximum Gasteiger partial charge on any atom is 0.255 e. The molecule has 1 aromatic rings. The Labute approximate surface area is 119 Å². The molecular weight excluding hydrogens is 260 g/mol. The van der Waals surface area contributed by atoms with Gasteiger partial charge in [-0.3, -0.25) is 4.79 Å². The highest BCUT2D eigenvalue weighted by Gasteiger charge is 2.21. The summed E-state index contributed by atoms with van der Waals surface area (Å²) in [7, 11) is 3.21. The second kappa shape index (κ2) is 8.47. The fourth-order valence-electron chi connectivity index (χ4n) is 1.81. The molecule has 0 radical (unpaired) electrons. The van der Waals surface area contributed by atoms with Crippen molar-refractivity contribution in [1.29, 1.82) is 0 Å². The lowest BCUT2D eigenvalue weighted by molar-refractivity contribution is 0.0479. The van der Waals surface area contributed by atoms with Gasteiger partial charge in [0.1, 0.15) is 5.82 Å². The van der Waals surface area contributed by atoms with Crippen LogP contribution < -0.4 is 11.3 Å². The molecule has 7 nitrogen and oxygen atoms in total. The summed E-state index contributed by atoms with van der Waals surface area (Å²) < 4.78 is 10.2. The van der Waals surface area contributed by atoms with E-state index in [4.69, 9.17) is 15.3 Å². The van der Waals surface area contributed by atoms with Gasteiger partial charge >= 0.3 is 0 Å².